The molecule has 86 valence electrons. The predicted molar refractivity (Wildman–Crippen MR) is 64.3 cm³/mol. The standard InChI is InChI=1S/C15H12F2/c16-8-10-1-3-14-12(5-10)7-13-6-11(9-17)2-4-15(13)14/h1-6H,7-9H2/i8D. The van der Waals surface area contributed by atoms with Gasteiger partial charge in [-0.2, -0.15) is 0 Å². The number of alkyl halides is 2. The fourth-order valence-corrected chi connectivity index (χ4v) is 2.43. The van der Waals surface area contributed by atoms with Crippen molar-refractivity contribution in [2.45, 2.75) is 19.7 Å². The van der Waals surface area contributed by atoms with Crippen LogP contribution in [0.3, 0.4) is 0 Å². The summed E-state index contributed by atoms with van der Waals surface area (Å²) in [4.78, 5) is 0. The van der Waals surface area contributed by atoms with Gasteiger partial charge in [-0.3, -0.25) is 0 Å². The first-order valence-electron chi connectivity index (χ1n) is 6.14. The van der Waals surface area contributed by atoms with Crippen molar-refractivity contribution in [3.63, 3.8) is 0 Å². The van der Waals surface area contributed by atoms with E-state index in [2.05, 4.69) is 0 Å². The Hall–Kier alpha value is -1.70. The van der Waals surface area contributed by atoms with Crippen LogP contribution in [-0.2, 0) is 19.7 Å². The van der Waals surface area contributed by atoms with Crippen LogP contribution in [0.5, 0.6) is 0 Å². The van der Waals surface area contributed by atoms with E-state index >= 15 is 0 Å². The van der Waals surface area contributed by atoms with E-state index in [1.54, 1.807) is 18.2 Å². The van der Waals surface area contributed by atoms with E-state index in [1.807, 2.05) is 18.2 Å². The molecule has 0 amide bonds. The maximum atomic E-state index is 13.0. The van der Waals surface area contributed by atoms with E-state index in [-0.39, 0.29) is 0 Å². The van der Waals surface area contributed by atoms with Crippen LogP contribution in [0.4, 0.5) is 8.78 Å². The second kappa shape index (κ2) is 3.95. The Morgan fingerprint density at radius 1 is 0.941 bits per heavy atom. The average Bonchev–Trinajstić information content (AvgIpc) is 2.74. The molecular formula is C15H12F2. The molecule has 0 saturated carbocycles. The minimum atomic E-state index is -1.69. The first-order chi connectivity index (χ1) is 8.69. The van der Waals surface area contributed by atoms with Crippen molar-refractivity contribution in [2.24, 2.45) is 0 Å². The van der Waals surface area contributed by atoms with Crippen molar-refractivity contribution >= 4 is 0 Å². The van der Waals surface area contributed by atoms with Gasteiger partial charge in [0.2, 0.25) is 0 Å². The minimum absolute atomic E-state index is 0.382. The second-order valence-electron chi connectivity index (χ2n) is 4.33. The van der Waals surface area contributed by atoms with Crippen LogP contribution in [0.25, 0.3) is 11.1 Å². The van der Waals surface area contributed by atoms with E-state index in [0.29, 0.717) is 17.5 Å². The summed E-state index contributed by atoms with van der Waals surface area (Å²) in [7, 11) is 0. The molecule has 0 radical (unpaired) electrons. The highest BCUT2D eigenvalue weighted by Crippen LogP contribution is 2.37. The zero-order valence-electron chi connectivity index (χ0n) is 10.2. The minimum Gasteiger partial charge on any atom is -0.246 e. The van der Waals surface area contributed by atoms with Gasteiger partial charge in [0, 0.05) is 0 Å². The first-order valence-corrected chi connectivity index (χ1v) is 5.56. The summed E-state index contributed by atoms with van der Waals surface area (Å²) in [6, 6.07) is 10.8. The largest absolute Gasteiger partial charge is 0.246 e. The Kier molecular flexibility index (Phi) is 2.17. The number of halogens is 2. The molecule has 1 unspecified atom stereocenters. The van der Waals surface area contributed by atoms with Crippen molar-refractivity contribution in [3.8, 4) is 11.1 Å². The normalized spacial score (nSPS) is 15.1. The quantitative estimate of drug-likeness (QED) is 0.620. The van der Waals surface area contributed by atoms with E-state index < -0.39 is 13.3 Å². The Morgan fingerprint density at radius 3 is 2.12 bits per heavy atom. The molecule has 2 aromatic carbocycles. The number of fused-ring (bicyclic) bond motifs is 3. The SMILES string of the molecule is [2H]C(F)c1ccc2c(c1)Cc1cc(CF)ccc1-2. The zero-order valence-corrected chi connectivity index (χ0v) is 9.21. The molecule has 17 heavy (non-hydrogen) atoms. The van der Waals surface area contributed by atoms with Gasteiger partial charge in [-0.1, -0.05) is 36.4 Å². The lowest BCUT2D eigenvalue weighted by molar-refractivity contribution is 0.485. The third-order valence-corrected chi connectivity index (χ3v) is 3.25. The molecule has 2 aromatic rings. The molecule has 0 heterocycles. The van der Waals surface area contributed by atoms with Crippen LogP contribution in [0.2, 0.25) is 0 Å². The van der Waals surface area contributed by atoms with Gasteiger partial charge >= 0.3 is 0 Å². The summed E-state index contributed by atoms with van der Waals surface area (Å²) in [6.45, 7) is -2.16. The third-order valence-electron chi connectivity index (χ3n) is 3.25. The van der Waals surface area contributed by atoms with E-state index in [0.717, 1.165) is 22.3 Å². The molecule has 0 bridgehead atoms. The molecule has 0 fully saturated rings. The molecule has 0 aromatic heterocycles. The van der Waals surface area contributed by atoms with E-state index in [9.17, 15) is 8.78 Å². The van der Waals surface area contributed by atoms with Crippen molar-refractivity contribution in [1.29, 1.82) is 0 Å². The number of benzene rings is 2. The van der Waals surface area contributed by atoms with Crippen LogP contribution < -0.4 is 0 Å². The van der Waals surface area contributed by atoms with Gasteiger partial charge in [-0.25, -0.2) is 8.78 Å². The molecular weight excluding hydrogens is 218 g/mol. The smallest absolute Gasteiger partial charge is 0.115 e. The monoisotopic (exact) mass is 231 g/mol. The van der Waals surface area contributed by atoms with Crippen LogP contribution >= 0.6 is 0 Å². The lowest BCUT2D eigenvalue weighted by atomic mass is 10.0. The fraction of sp³-hybridized carbons (Fsp3) is 0.200. The number of rotatable bonds is 2. The zero-order chi connectivity index (χ0) is 12.7. The van der Waals surface area contributed by atoms with Gasteiger partial charge in [-0.05, 0) is 39.8 Å². The van der Waals surface area contributed by atoms with E-state index in [4.69, 9.17) is 1.37 Å². The van der Waals surface area contributed by atoms with E-state index in [1.165, 1.54) is 0 Å². The van der Waals surface area contributed by atoms with Gasteiger partial charge in [0.1, 0.15) is 13.3 Å². The number of hydrogen-bond acceptors (Lipinski definition) is 0. The molecule has 1 atom stereocenters. The molecule has 2 heteroatoms. The fourth-order valence-electron chi connectivity index (χ4n) is 2.43. The maximum absolute atomic E-state index is 13.0. The Bertz CT molecular complexity index is 605. The van der Waals surface area contributed by atoms with Crippen molar-refractivity contribution in [2.75, 3.05) is 0 Å². The molecule has 0 spiro atoms. The summed E-state index contributed by atoms with van der Waals surface area (Å²) in [5.74, 6) is 0. The predicted octanol–water partition coefficient (Wildman–Crippen LogP) is 4.20. The highest BCUT2D eigenvalue weighted by molar-refractivity contribution is 5.77. The Morgan fingerprint density at radius 2 is 1.53 bits per heavy atom. The molecule has 0 nitrogen and oxygen atoms in total. The van der Waals surface area contributed by atoms with Crippen molar-refractivity contribution in [1.82, 2.24) is 0 Å². The molecule has 0 aliphatic heterocycles. The summed E-state index contributed by atoms with van der Waals surface area (Å²) in [6.07, 6.45) is 0.694. The van der Waals surface area contributed by atoms with Gasteiger partial charge in [0.25, 0.3) is 0 Å². The van der Waals surface area contributed by atoms with Gasteiger partial charge in [0.05, 0.1) is 1.37 Å². The third kappa shape index (κ3) is 1.64. The van der Waals surface area contributed by atoms with Crippen LogP contribution in [0, 0.1) is 0 Å². The van der Waals surface area contributed by atoms with Gasteiger partial charge in [0.15, 0.2) is 0 Å². The average molecular weight is 231 g/mol. The second-order valence-corrected chi connectivity index (χ2v) is 4.33. The van der Waals surface area contributed by atoms with Crippen molar-refractivity contribution in [3.05, 3.63) is 58.7 Å². The first kappa shape index (κ1) is 9.34. The van der Waals surface area contributed by atoms with Gasteiger partial charge in [-0.15, -0.1) is 0 Å². The summed E-state index contributed by atoms with van der Waals surface area (Å²) >= 11 is 0. The maximum Gasteiger partial charge on any atom is 0.115 e. The lowest BCUT2D eigenvalue weighted by Gasteiger charge is -2.03. The molecule has 1 aliphatic carbocycles. The number of hydrogen-bond donors (Lipinski definition) is 0. The highest BCUT2D eigenvalue weighted by Gasteiger charge is 2.18. The Balaban J connectivity index is 2.07. The molecule has 0 N–H and O–H groups in total. The topological polar surface area (TPSA) is 0 Å². The summed E-state index contributed by atoms with van der Waals surface area (Å²) in [5, 5.41) is 0. The van der Waals surface area contributed by atoms with Gasteiger partial charge < -0.3 is 0 Å². The highest BCUT2D eigenvalue weighted by atomic mass is 19.1. The van der Waals surface area contributed by atoms with Crippen LogP contribution in [0.1, 0.15) is 23.6 Å². The van der Waals surface area contributed by atoms with Crippen molar-refractivity contribution < 1.29 is 10.2 Å². The van der Waals surface area contributed by atoms with Crippen LogP contribution in [-0.4, -0.2) is 0 Å². The molecule has 0 saturated heterocycles. The lowest BCUT2D eigenvalue weighted by Crippen LogP contribution is -1.84. The summed E-state index contributed by atoms with van der Waals surface area (Å²) in [5.41, 5.74) is 5.32. The Labute approximate surface area is 100 Å². The summed E-state index contributed by atoms with van der Waals surface area (Å²) < 4.78 is 32.7. The molecule has 1 aliphatic rings. The molecule has 3 rings (SSSR count). The van der Waals surface area contributed by atoms with Crippen LogP contribution in [0.15, 0.2) is 36.4 Å².